The Morgan fingerprint density at radius 1 is 1.55 bits per heavy atom. The van der Waals surface area contributed by atoms with Crippen LogP contribution in [0.1, 0.15) is 19.6 Å². The van der Waals surface area contributed by atoms with E-state index >= 15 is 0 Å². The van der Waals surface area contributed by atoms with Crippen molar-refractivity contribution in [2.45, 2.75) is 31.3 Å². The second-order valence-electron chi connectivity index (χ2n) is 4.67. The van der Waals surface area contributed by atoms with E-state index in [0.717, 1.165) is 6.54 Å². The predicted octanol–water partition coefficient (Wildman–Crippen LogP) is 1.56. The number of nitrogens with one attached hydrogen (secondary N) is 1. The van der Waals surface area contributed by atoms with Crippen molar-refractivity contribution < 1.29 is 17.6 Å². The van der Waals surface area contributed by atoms with E-state index in [2.05, 4.69) is 21.2 Å². The maximum Gasteiger partial charge on any atom is 0.247 e. The SMILES string of the molecule is CCNCc1cc(S(=O)(=O)N2CCOCC2C)c(Br)o1. The maximum atomic E-state index is 12.7. The molecule has 1 aliphatic rings. The number of hydrogen-bond donors (Lipinski definition) is 1. The number of ether oxygens (including phenoxy) is 1. The standard InChI is InChI=1S/C12H19BrN2O4S/c1-3-14-7-10-6-11(12(13)19-10)20(16,17)15-4-5-18-8-9(15)2/h6,9,14H,3-5,7-8H2,1-2H3. The van der Waals surface area contributed by atoms with Crippen molar-refractivity contribution in [1.82, 2.24) is 9.62 Å². The summed E-state index contributed by atoms with van der Waals surface area (Å²) in [6.07, 6.45) is 0. The van der Waals surface area contributed by atoms with Crippen molar-refractivity contribution in [2.75, 3.05) is 26.3 Å². The lowest BCUT2D eigenvalue weighted by atomic mass is 10.3. The Labute approximate surface area is 127 Å². The molecule has 1 aromatic heterocycles. The zero-order valence-electron chi connectivity index (χ0n) is 11.6. The van der Waals surface area contributed by atoms with Gasteiger partial charge in [0.25, 0.3) is 0 Å². The first-order valence-corrected chi connectivity index (χ1v) is 8.78. The van der Waals surface area contributed by atoms with E-state index in [1.165, 1.54) is 4.31 Å². The summed E-state index contributed by atoms with van der Waals surface area (Å²) >= 11 is 3.20. The van der Waals surface area contributed by atoms with Gasteiger partial charge in [-0.05, 0) is 29.4 Å². The van der Waals surface area contributed by atoms with Crippen LogP contribution in [0, 0.1) is 0 Å². The van der Waals surface area contributed by atoms with Crippen molar-refractivity contribution >= 4 is 26.0 Å². The first kappa shape index (κ1) is 16.0. The van der Waals surface area contributed by atoms with Crippen LogP contribution in [0.3, 0.4) is 0 Å². The molecule has 20 heavy (non-hydrogen) atoms. The molecule has 1 aromatic rings. The normalized spacial score (nSPS) is 21.2. The average molecular weight is 367 g/mol. The highest BCUT2D eigenvalue weighted by atomic mass is 79.9. The molecule has 0 bridgehead atoms. The number of sulfonamides is 1. The van der Waals surface area contributed by atoms with Crippen LogP contribution in [-0.2, 0) is 21.3 Å². The van der Waals surface area contributed by atoms with Crippen molar-refractivity contribution in [2.24, 2.45) is 0 Å². The van der Waals surface area contributed by atoms with E-state index in [-0.39, 0.29) is 15.6 Å². The Balaban J connectivity index is 2.26. The molecule has 114 valence electrons. The molecule has 0 spiro atoms. The molecule has 1 N–H and O–H groups in total. The van der Waals surface area contributed by atoms with E-state index in [1.807, 2.05) is 13.8 Å². The molecule has 1 saturated heterocycles. The fourth-order valence-electron chi connectivity index (χ4n) is 2.10. The highest BCUT2D eigenvalue weighted by Crippen LogP contribution is 2.30. The molecule has 1 unspecified atom stereocenters. The van der Waals surface area contributed by atoms with Crippen LogP contribution in [-0.4, -0.2) is 45.1 Å². The molecule has 0 amide bonds. The summed E-state index contributed by atoms with van der Waals surface area (Å²) in [6.45, 7) is 6.31. The first-order valence-electron chi connectivity index (χ1n) is 6.55. The number of morpholine rings is 1. The highest BCUT2D eigenvalue weighted by Gasteiger charge is 2.34. The average Bonchev–Trinajstić information content (AvgIpc) is 2.78. The quantitative estimate of drug-likeness (QED) is 0.855. The van der Waals surface area contributed by atoms with E-state index in [9.17, 15) is 8.42 Å². The summed E-state index contributed by atoms with van der Waals surface area (Å²) in [4.78, 5) is 0.180. The Bertz CT molecular complexity index is 558. The van der Waals surface area contributed by atoms with Crippen molar-refractivity contribution in [3.63, 3.8) is 0 Å². The zero-order chi connectivity index (χ0) is 14.8. The summed E-state index contributed by atoms with van der Waals surface area (Å²) in [6, 6.07) is 1.40. The fraction of sp³-hybridized carbons (Fsp3) is 0.667. The molecule has 0 radical (unpaired) electrons. The van der Waals surface area contributed by atoms with Crippen LogP contribution in [0.5, 0.6) is 0 Å². The summed E-state index contributed by atoms with van der Waals surface area (Å²) in [5, 5.41) is 3.10. The van der Waals surface area contributed by atoms with E-state index in [1.54, 1.807) is 6.07 Å². The molecule has 1 fully saturated rings. The second kappa shape index (κ2) is 6.57. The second-order valence-corrected chi connectivity index (χ2v) is 7.25. The molecule has 1 atom stereocenters. The van der Waals surface area contributed by atoms with Crippen molar-refractivity contribution in [3.05, 3.63) is 16.5 Å². The molecule has 6 nitrogen and oxygen atoms in total. The van der Waals surface area contributed by atoms with Crippen molar-refractivity contribution in [1.29, 1.82) is 0 Å². The highest BCUT2D eigenvalue weighted by molar-refractivity contribution is 9.10. The number of nitrogens with zero attached hydrogens (tertiary/aromatic N) is 1. The molecule has 0 aliphatic carbocycles. The van der Waals surface area contributed by atoms with Crippen LogP contribution in [0.2, 0.25) is 0 Å². The van der Waals surface area contributed by atoms with E-state index in [4.69, 9.17) is 9.15 Å². The van der Waals surface area contributed by atoms with E-state index in [0.29, 0.717) is 32.1 Å². The van der Waals surface area contributed by atoms with Crippen LogP contribution in [0.25, 0.3) is 0 Å². The van der Waals surface area contributed by atoms with Gasteiger partial charge in [-0.2, -0.15) is 4.31 Å². The van der Waals surface area contributed by atoms with Gasteiger partial charge in [-0.1, -0.05) is 6.92 Å². The molecule has 8 heteroatoms. The number of hydrogen-bond acceptors (Lipinski definition) is 5. The third-order valence-corrected chi connectivity index (χ3v) is 6.02. The topological polar surface area (TPSA) is 71.8 Å². The van der Waals surface area contributed by atoms with Gasteiger partial charge in [0.1, 0.15) is 10.7 Å². The molecule has 0 saturated carbocycles. The zero-order valence-corrected chi connectivity index (χ0v) is 14.0. The van der Waals surface area contributed by atoms with Gasteiger partial charge in [-0.15, -0.1) is 0 Å². The summed E-state index contributed by atoms with van der Waals surface area (Å²) in [7, 11) is -3.56. The maximum absolute atomic E-state index is 12.7. The lowest BCUT2D eigenvalue weighted by Gasteiger charge is -2.31. The van der Waals surface area contributed by atoms with Crippen LogP contribution in [0.4, 0.5) is 0 Å². The Morgan fingerprint density at radius 3 is 2.95 bits per heavy atom. The van der Waals surface area contributed by atoms with Crippen LogP contribution in [0.15, 0.2) is 20.0 Å². The number of furan rings is 1. The Morgan fingerprint density at radius 2 is 2.30 bits per heavy atom. The molecular weight excluding hydrogens is 348 g/mol. The molecular formula is C12H19BrN2O4S. The smallest absolute Gasteiger partial charge is 0.247 e. The van der Waals surface area contributed by atoms with Gasteiger partial charge < -0.3 is 14.5 Å². The predicted molar refractivity (Wildman–Crippen MR) is 78.0 cm³/mol. The number of rotatable bonds is 5. The van der Waals surface area contributed by atoms with Crippen LogP contribution < -0.4 is 5.32 Å². The van der Waals surface area contributed by atoms with Crippen molar-refractivity contribution in [3.8, 4) is 0 Å². The fourth-order valence-corrected chi connectivity index (χ4v) is 4.67. The Hall–Kier alpha value is -0.410. The van der Waals surface area contributed by atoms with Gasteiger partial charge in [-0.3, -0.25) is 0 Å². The summed E-state index contributed by atoms with van der Waals surface area (Å²) in [5.74, 6) is 0.596. The van der Waals surface area contributed by atoms with Gasteiger partial charge in [0.15, 0.2) is 4.67 Å². The summed E-state index contributed by atoms with van der Waals surface area (Å²) in [5.41, 5.74) is 0. The lowest BCUT2D eigenvalue weighted by Crippen LogP contribution is -2.46. The lowest BCUT2D eigenvalue weighted by molar-refractivity contribution is 0.0392. The molecule has 2 heterocycles. The van der Waals surface area contributed by atoms with Gasteiger partial charge in [0.05, 0.1) is 19.8 Å². The third-order valence-electron chi connectivity index (χ3n) is 3.15. The third kappa shape index (κ3) is 3.25. The number of halogens is 1. The minimum atomic E-state index is -3.56. The minimum Gasteiger partial charge on any atom is -0.452 e. The van der Waals surface area contributed by atoms with Crippen LogP contribution >= 0.6 is 15.9 Å². The Kier molecular flexibility index (Phi) is 5.25. The summed E-state index contributed by atoms with van der Waals surface area (Å²) < 4.78 is 37.8. The van der Waals surface area contributed by atoms with Gasteiger partial charge in [0.2, 0.25) is 10.0 Å². The largest absolute Gasteiger partial charge is 0.452 e. The van der Waals surface area contributed by atoms with Gasteiger partial charge in [0, 0.05) is 18.7 Å². The van der Waals surface area contributed by atoms with Gasteiger partial charge >= 0.3 is 0 Å². The first-order chi connectivity index (χ1) is 9.46. The van der Waals surface area contributed by atoms with Gasteiger partial charge in [-0.25, -0.2) is 8.42 Å². The molecule has 2 rings (SSSR count). The monoisotopic (exact) mass is 366 g/mol. The molecule has 0 aromatic carbocycles. The molecule has 1 aliphatic heterocycles. The minimum absolute atomic E-state index is 0.173. The van der Waals surface area contributed by atoms with E-state index < -0.39 is 10.0 Å².